The molecule has 4 heteroatoms. The highest BCUT2D eigenvalue weighted by Crippen LogP contribution is 2.41. The summed E-state index contributed by atoms with van der Waals surface area (Å²) in [5, 5.41) is 11.3. The zero-order valence-electron chi connectivity index (χ0n) is 19.2. The number of anilines is 2. The largest absolute Gasteiger partial charge is 0.361 e. The summed E-state index contributed by atoms with van der Waals surface area (Å²) in [5.74, 6) is 0. The Morgan fingerprint density at radius 1 is 0.882 bits per heavy atom. The van der Waals surface area contributed by atoms with Gasteiger partial charge in [-0.3, -0.25) is 4.98 Å². The average molecular weight is 443 g/mol. The maximum atomic E-state index is 10.1. The third-order valence-corrected chi connectivity index (χ3v) is 6.19. The average Bonchev–Trinajstić information content (AvgIpc) is 3.37. The van der Waals surface area contributed by atoms with Crippen molar-refractivity contribution >= 4 is 22.3 Å². The predicted octanol–water partition coefficient (Wildman–Crippen LogP) is 7.71. The van der Waals surface area contributed by atoms with Gasteiger partial charge in [-0.15, -0.1) is 0 Å². The molecule has 0 radical (unpaired) electrons. The normalized spacial score (nSPS) is 10.8. The lowest BCUT2D eigenvalue weighted by atomic mass is 9.93. The Morgan fingerprint density at radius 3 is 2.47 bits per heavy atom. The molecule has 0 saturated carbocycles. The molecule has 2 aromatic heterocycles. The van der Waals surface area contributed by atoms with Crippen LogP contribution in [-0.2, 0) is 0 Å². The number of rotatable bonds is 7. The number of nitriles is 1. The maximum Gasteiger partial charge on any atom is 0.103 e. The van der Waals surface area contributed by atoms with Crippen LogP contribution in [0.3, 0.4) is 0 Å². The number of hydrogen-bond acceptors (Lipinski definition) is 3. The Balaban J connectivity index is 1.74. The molecule has 2 heterocycles. The van der Waals surface area contributed by atoms with Crippen LogP contribution in [0.1, 0.15) is 25.3 Å². The molecule has 0 aliphatic heterocycles. The predicted molar refractivity (Wildman–Crippen MR) is 140 cm³/mol. The highest BCUT2D eigenvalue weighted by Gasteiger charge is 2.21. The van der Waals surface area contributed by atoms with E-state index in [1.165, 1.54) is 0 Å². The van der Waals surface area contributed by atoms with Crippen molar-refractivity contribution in [3.8, 4) is 28.3 Å². The van der Waals surface area contributed by atoms with Crippen molar-refractivity contribution in [1.82, 2.24) is 9.97 Å². The second-order valence-electron chi connectivity index (χ2n) is 8.36. The monoisotopic (exact) mass is 442 g/mol. The number of hydrogen-bond donors (Lipinski definition) is 1. The van der Waals surface area contributed by atoms with Crippen LogP contribution < -0.4 is 4.90 Å². The van der Waals surface area contributed by atoms with Crippen molar-refractivity contribution < 1.29 is 0 Å². The van der Waals surface area contributed by atoms with Crippen LogP contribution >= 0.6 is 0 Å². The van der Waals surface area contributed by atoms with Gasteiger partial charge in [0.2, 0.25) is 0 Å². The Morgan fingerprint density at radius 2 is 1.68 bits per heavy atom. The summed E-state index contributed by atoms with van der Waals surface area (Å²) < 4.78 is 0. The quantitative estimate of drug-likeness (QED) is 0.281. The molecule has 34 heavy (non-hydrogen) atoms. The summed E-state index contributed by atoms with van der Waals surface area (Å²) >= 11 is 0. The van der Waals surface area contributed by atoms with E-state index < -0.39 is 0 Å². The van der Waals surface area contributed by atoms with Crippen LogP contribution in [0.25, 0.3) is 33.2 Å². The first-order chi connectivity index (χ1) is 16.8. The standard InChI is InChI=1S/C30H26N4/c1-2-3-17-34(25-13-14-29-23(18-25)15-16-33-29)30-24(19-31)20-32-21-28(30)27-12-8-7-11-26(27)22-9-5-4-6-10-22/h4-16,18,20-21,33H,2-3,17H2,1H3. The Bertz CT molecular complexity index is 1460. The van der Waals surface area contributed by atoms with Gasteiger partial charge in [-0.1, -0.05) is 67.9 Å². The molecular formula is C30H26N4. The van der Waals surface area contributed by atoms with E-state index in [1.807, 2.05) is 24.5 Å². The molecule has 0 bridgehead atoms. The molecule has 0 atom stereocenters. The molecule has 0 spiro atoms. The van der Waals surface area contributed by atoms with Crippen LogP contribution in [0.5, 0.6) is 0 Å². The van der Waals surface area contributed by atoms with Gasteiger partial charge in [0.25, 0.3) is 0 Å². The first-order valence-electron chi connectivity index (χ1n) is 11.7. The number of fused-ring (bicyclic) bond motifs is 1. The summed E-state index contributed by atoms with van der Waals surface area (Å²) in [6, 6.07) is 29.7. The van der Waals surface area contributed by atoms with Crippen LogP contribution in [0.4, 0.5) is 11.4 Å². The fraction of sp³-hybridized carbons (Fsp3) is 0.133. The van der Waals surface area contributed by atoms with Crippen LogP contribution in [-0.4, -0.2) is 16.5 Å². The van der Waals surface area contributed by atoms with Crippen LogP contribution in [0.2, 0.25) is 0 Å². The number of unbranched alkanes of at least 4 members (excludes halogenated alkanes) is 1. The zero-order chi connectivity index (χ0) is 23.3. The zero-order valence-corrected chi connectivity index (χ0v) is 19.2. The van der Waals surface area contributed by atoms with Crippen molar-refractivity contribution in [3.05, 3.63) is 103 Å². The van der Waals surface area contributed by atoms with Gasteiger partial charge in [0, 0.05) is 47.3 Å². The Hall–Kier alpha value is -4.36. The third kappa shape index (κ3) is 4.04. The molecule has 0 aliphatic carbocycles. The van der Waals surface area contributed by atoms with Gasteiger partial charge in [-0.25, -0.2) is 0 Å². The second-order valence-corrected chi connectivity index (χ2v) is 8.36. The minimum absolute atomic E-state index is 0.575. The minimum Gasteiger partial charge on any atom is -0.361 e. The Labute approximate surface area is 200 Å². The number of benzene rings is 3. The lowest BCUT2D eigenvalue weighted by Crippen LogP contribution is -2.20. The molecule has 0 aliphatic rings. The van der Waals surface area contributed by atoms with E-state index in [-0.39, 0.29) is 0 Å². The fourth-order valence-electron chi connectivity index (χ4n) is 4.51. The van der Waals surface area contributed by atoms with E-state index in [2.05, 4.69) is 94.6 Å². The van der Waals surface area contributed by atoms with E-state index in [0.29, 0.717) is 5.56 Å². The number of nitrogens with zero attached hydrogens (tertiary/aromatic N) is 3. The SMILES string of the molecule is CCCCN(c1ccc2[nH]ccc2c1)c1c(C#N)cncc1-c1ccccc1-c1ccccc1. The lowest BCUT2D eigenvalue weighted by molar-refractivity contribution is 0.785. The number of pyridine rings is 1. The molecule has 0 amide bonds. The summed E-state index contributed by atoms with van der Waals surface area (Å²) in [4.78, 5) is 10.0. The van der Waals surface area contributed by atoms with Gasteiger partial charge in [0.1, 0.15) is 6.07 Å². The Kier molecular flexibility index (Phi) is 6.09. The van der Waals surface area contributed by atoms with E-state index in [4.69, 9.17) is 0 Å². The topological polar surface area (TPSA) is 55.7 Å². The van der Waals surface area contributed by atoms with E-state index in [9.17, 15) is 5.26 Å². The number of aromatic amines is 1. The summed E-state index contributed by atoms with van der Waals surface area (Å²) in [6.45, 7) is 3.00. The first kappa shape index (κ1) is 21.5. The van der Waals surface area contributed by atoms with Crippen LogP contribution in [0.15, 0.2) is 97.5 Å². The van der Waals surface area contributed by atoms with Crippen molar-refractivity contribution in [1.29, 1.82) is 5.26 Å². The minimum atomic E-state index is 0.575. The van der Waals surface area contributed by atoms with Gasteiger partial charge < -0.3 is 9.88 Å². The fourth-order valence-corrected chi connectivity index (χ4v) is 4.51. The summed E-state index contributed by atoms with van der Waals surface area (Å²) in [6.07, 6.45) is 7.60. The highest BCUT2D eigenvalue weighted by atomic mass is 15.1. The molecular weight excluding hydrogens is 416 g/mol. The van der Waals surface area contributed by atoms with Crippen molar-refractivity contribution in [2.75, 3.05) is 11.4 Å². The van der Waals surface area contributed by atoms with Gasteiger partial charge in [0.05, 0.1) is 11.3 Å². The smallest absolute Gasteiger partial charge is 0.103 e. The molecule has 0 fully saturated rings. The van der Waals surface area contributed by atoms with E-state index in [1.54, 1.807) is 6.20 Å². The third-order valence-electron chi connectivity index (χ3n) is 6.19. The van der Waals surface area contributed by atoms with E-state index >= 15 is 0 Å². The number of nitrogens with one attached hydrogen (secondary N) is 1. The lowest BCUT2D eigenvalue weighted by Gasteiger charge is -2.29. The molecule has 4 nitrogen and oxygen atoms in total. The second kappa shape index (κ2) is 9.64. The molecule has 166 valence electrons. The van der Waals surface area contributed by atoms with Crippen molar-refractivity contribution in [2.45, 2.75) is 19.8 Å². The molecule has 5 aromatic rings. The highest BCUT2D eigenvalue weighted by molar-refractivity contribution is 5.94. The summed E-state index contributed by atoms with van der Waals surface area (Å²) in [5.41, 5.74) is 7.94. The van der Waals surface area contributed by atoms with E-state index in [0.717, 1.165) is 63.9 Å². The van der Waals surface area contributed by atoms with Gasteiger partial charge in [0.15, 0.2) is 0 Å². The van der Waals surface area contributed by atoms with Crippen molar-refractivity contribution in [2.24, 2.45) is 0 Å². The molecule has 1 N–H and O–H groups in total. The number of H-pyrrole nitrogens is 1. The van der Waals surface area contributed by atoms with Crippen LogP contribution in [0, 0.1) is 11.3 Å². The van der Waals surface area contributed by atoms with Gasteiger partial charge in [-0.05, 0) is 47.4 Å². The number of aromatic nitrogens is 2. The maximum absolute atomic E-state index is 10.1. The first-order valence-corrected chi connectivity index (χ1v) is 11.7. The summed E-state index contributed by atoms with van der Waals surface area (Å²) in [7, 11) is 0. The van der Waals surface area contributed by atoms with Gasteiger partial charge >= 0.3 is 0 Å². The molecule has 3 aromatic carbocycles. The molecule has 0 unspecified atom stereocenters. The van der Waals surface area contributed by atoms with Crippen molar-refractivity contribution in [3.63, 3.8) is 0 Å². The molecule has 5 rings (SSSR count). The van der Waals surface area contributed by atoms with Gasteiger partial charge in [-0.2, -0.15) is 5.26 Å². The molecule has 0 saturated heterocycles.